The molecule has 1 aliphatic heterocycles. The fraction of sp³-hybridized carbons (Fsp3) is 0.316. The number of likely N-dealkylation sites (tertiary alicyclic amines) is 1. The molecule has 0 spiro atoms. The highest BCUT2D eigenvalue weighted by molar-refractivity contribution is 5.96. The van der Waals surface area contributed by atoms with E-state index in [2.05, 4.69) is 24.3 Å². The van der Waals surface area contributed by atoms with Crippen LogP contribution in [0.3, 0.4) is 0 Å². The highest BCUT2D eigenvalue weighted by Gasteiger charge is 2.25. The van der Waals surface area contributed by atoms with Gasteiger partial charge in [0.25, 0.3) is 5.91 Å². The summed E-state index contributed by atoms with van der Waals surface area (Å²) < 4.78 is 0. The van der Waals surface area contributed by atoms with Gasteiger partial charge in [0.05, 0.1) is 6.10 Å². The van der Waals surface area contributed by atoms with Crippen LogP contribution in [0.1, 0.15) is 34.3 Å². The van der Waals surface area contributed by atoms with Gasteiger partial charge in [-0.15, -0.1) is 0 Å². The van der Waals surface area contributed by atoms with Crippen LogP contribution in [0.2, 0.25) is 0 Å². The molecule has 1 aliphatic carbocycles. The second-order valence-electron chi connectivity index (χ2n) is 6.25. The fourth-order valence-corrected chi connectivity index (χ4v) is 3.58. The first-order valence-corrected chi connectivity index (χ1v) is 7.91. The Balaban J connectivity index is 1.67. The van der Waals surface area contributed by atoms with Crippen molar-refractivity contribution in [2.24, 2.45) is 0 Å². The molecule has 1 fully saturated rings. The van der Waals surface area contributed by atoms with Crippen molar-refractivity contribution in [3.8, 4) is 11.1 Å². The molecular weight excluding hydrogens is 274 g/mol. The van der Waals surface area contributed by atoms with E-state index in [1.807, 2.05) is 18.2 Å². The number of benzene rings is 2. The van der Waals surface area contributed by atoms with E-state index in [0.717, 1.165) is 31.4 Å². The smallest absolute Gasteiger partial charge is 0.253 e. The van der Waals surface area contributed by atoms with E-state index in [9.17, 15) is 9.90 Å². The molecule has 1 saturated heterocycles. The predicted molar refractivity (Wildman–Crippen MR) is 85.8 cm³/mol. The van der Waals surface area contributed by atoms with Crippen LogP contribution in [-0.4, -0.2) is 35.1 Å². The Morgan fingerprint density at radius 2 is 1.91 bits per heavy atom. The molecule has 3 heteroatoms. The maximum atomic E-state index is 12.7. The number of fused-ring (bicyclic) bond motifs is 3. The molecule has 2 aliphatic rings. The third-order valence-electron chi connectivity index (χ3n) is 4.73. The zero-order valence-corrected chi connectivity index (χ0v) is 12.5. The monoisotopic (exact) mass is 293 g/mol. The van der Waals surface area contributed by atoms with Gasteiger partial charge >= 0.3 is 0 Å². The van der Waals surface area contributed by atoms with Gasteiger partial charge in [0.2, 0.25) is 0 Å². The number of carbonyl (C=O) groups is 1. The summed E-state index contributed by atoms with van der Waals surface area (Å²) in [7, 11) is 0. The molecule has 3 nitrogen and oxygen atoms in total. The Morgan fingerprint density at radius 3 is 2.77 bits per heavy atom. The van der Waals surface area contributed by atoms with Gasteiger partial charge < -0.3 is 10.0 Å². The zero-order chi connectivity index (χ0) is 15.1. The van der Waals surface area contributed by atoms with Gasteiger partial charge in [-0.25, -0.2) is 0 Å². The molecule has 2 aromatic rings. The maximum absolute atomic E-state index is 12.7. The van der Waals surface area contributed by atoms with Crippen LogP contribution >= 0.6 is 0 Å². The van der Waals surface area contributed by atoms with Crippen LogP contribution in [0.5, 0.6) is 0 Å². The summed E-state index contributed by atoms with van der Waals surface area (Å²) in [5.74, 6) is 0.0333. The van der Waals surface area contributed by atoms with Crippen molar-refractivity contribution in [2.75, 3.05) is 13.1 Å². The summed E-state index contributed by atoms with van der Waals surface area (Å²) in [6.07, 6.45) is 2.23. The average molecular weight is 293 g/mol. The molecule has 22 heavy (non-hydrogen) atoms. The van der Waals surface area contributed by atoms with Crippen LogP contribution in [0.25, 0.3) is 11.1 Å². The Hall–Kier alpha value is -2.13. The van der Waals surface area contributed by atoms with Crippen LogP contribution < -0.4 is 0 Å². The molecule has 112 valence electrons. The summed E-state index contributed by atoms with van der Waals surface area (Å²) in [5.41, 5.74) is 5.77. The molecule has 1 unspecified atom stereocenters. The van der Waals surface area contributed by atoms with E-state index in [4.69, 9.17) is 0 Å². The Kier molecular flexibility index (Phi) is 3.23. The van der Waals surface area contributed by atoms with Crippen molar-refractivity contribution in [1.29, 1.82) is 0 Å². The molecule has 0 saturated carbocycles. The second-order valence-corrected chi connectivity index (χ2v) is 6.25. The predicted octanol–water partition coefficient (Wildman–Crippen LogP) is 2.85. The lowest BCUT2D eigenvalue weighted by Crippen LogP contribution is -2.42. The lowest BCUT2D eigenvalue weighted by molar-refractivity contribution is 0.0474. The molecule has 1 heterocycles. The summed E-state index contributed by atoms with van der Waals surface area (Å²) in [4.78, 5) is 14.4. The first-order chi connectivity index (χ1) is 10.7. The van der Waals surface area contributed by atoms with Gasteiger partial charge in [0.1, 0.15) is 0 Å². The summed E-state index contributed by atoms with van der Waals surface area (Å²) in [5, 5.41) is 9.77. The molecule has 1 amide bonds. The van der Waals surface area contributed by atoms with Gasteiger partial charge in [0, 0.05) is 18.7 Å². The van der Waals surface area contributed by atoms with Crippen LogP contribution in [-0.2, 0) is 6.42 Å². The number of piperidine rings is 1. The fourth-order valence-electron chi connectivity index (χ4n) is 3.58. The van der Waals surface area contributed by atoms with E-state index in [1.165, 1.54) is 22.3 Å². The molecule has 1 atom stereocenters. The van der Waals surface area contributed by atoms with Crippen molar-refractivity contribution < 1.29 is 9.90 Å². The minimum absolute atomic E-state index is 0.0333. The first-order valence-electron chi connectivity index (χ1n) is 7.91. The SMILES string of the molecule is O=C(c1ccc2c(c1)-c1ccccc1C2)N1CCCC(O)C1. The Bertz CT molecular complexity index is 738. The number of β-amino-alcohol motifs (C(OH)–C–C–N with tert-alkyl or cyclic N) is 1. The molecular formula is C19H19NO2. The van der Waals surface area contributed by atoms with Gasteiger partial charge in [-0.3, -0.25) is 4.79 Å². The van der Waals surface area contributed by atoms with Crippen molar-refractivity contribution in [2.45, 2.75) is 25.4 Å². The maximum Gasteiger partial charge on any atom is 0.253 e. The van der Waals surface area contributed by atoms with Gasteiger partial charge in [-0.1, -0.05) is 30.3 Å². The van der Waals surface area contributed by atoms with E-state index in [0.29, 0.717) is 6.54 Å². The van der Waals surface area contributed by atoms with E-state index < -0.39 is 0 Å². The number of amides is 1. The third kappa shape index (κ3) is 2.22. The number of aliphatic hydroxyl groups excluding tert-OH is 1. The van der Waals surface area contributed by atoms with Crippen LogP contribution in [0, 0.1) is 0 Å². The second kappa shape index (κ2) is 5.25. The molecule has 0 bridgehead atoms. The van der Waals surface area contributed by atoms with Gasteiger partial charge in [-0.2, -0.15) is 0 Å². The number of aliphatic hydroxyl groups is 1. The van der Waals surface area contributed by atoms with Gasteiger partial charge in [-0.05, 0) is 53.6 Å². The molecule has 0 radical (unpaired) electrons. The standard InChI is InChI=1S/C19H19NO2/c21-16-5-3-9-20(12-16)19(22)15-8-7-14-10-13-4-1-2-6-17(13)18(14)11-15/h1-2,4,6-8,11,16,21H,3,5,9-10,12H2. The number of hydrogen-bond acceptors (Lipinski definition) is 2. The van der Waals surface area contributed by atoms with E-state index in [-0.39, 0.29) is 12.0 Å². The van der Waals surface area contributed by atoms with Crippen LogP contribution in [0.15, 0.2) is 42.5 Å². The minimum Gasteiger partial charge on any atom is -0.391 e. The first kappa shape index (κ1) is 13.5. The topological polar surface area (TPSA) is 40.5 Å². The Morgan fingerprint density at radius 1 is 1.09 bits per heavy atom. The summed E-state index contributed by atoms with van der Waals surface area (Å²) >= 11 is 0. The molecule has 1 N–H and O–H groups in total. The van der Waals surface area contributed by atoms with E-state index in [1.54, 1.807) is 4.90 Å². The van der Waals surface area contributed by atoms with Crippen molar-refractivity contribution in [1.82, 2.24) is 4.90 Å². The van der Waals surface area contributed by atoms with Crippen LogP contribution in [0.4, 0.5) is 0 Å². The summed E-state index contributed by atoms with van der Waals surface area (Å²) in [6, 6.07) is 14.4. The highest BCUT2D eigenvalue weighted by atomic mass is 16.3. The largest absolute Gasteiger partial charge is 0.391 e. The van der Waals surface area contributed by atoms with E-state index >= 15 is 0 Å². The number of rotatable bonds is 1. The number of carbonyl (C=O) groups excluding carboxylic acids is 1. The van der Waals surface area contributed by atoms with Gasteiger partial charge in [0.15, 0.2) is 0 Å². The normalized spacial score (nSPS) is 19.7. The third-order valence-corrected chi connectivity index (χ3v) is 4.73. The minimum atomic E-state index is -0.382. The highest BCUT2D eigenvalue weighted by Crippen LogP contribution is 2.37. The number of nitrogens with zero attached hydrogens (tertiary/aromatic N) is 1. The number of hydrogen-bond donors (Lipinski definition) is 1. The quantitative estimate of drug-likeness (QED) is 0.749. The van der Waals surface area contributed by atoms with Crippen molar-refractivity contribution >= 4 is 5.91 Å². The Labute approximate surface area is 130 Å². The van der Waals surface area contributed by atoms with Crippen molar-refractivity contribution in [3.05, 3.63) is 59.2 Å². The van der Waals surface area contributed by atoms with Crippen molar-refractivity contribution in [3.63, 3.8) is 0 Å². The lowest BCUT2D eigenvalue weighted by Gasteiger charge is -2.30. The molecule has 0 aromatic heterocycles. The zero-order valence-electron chi connectivity index (χ0n) is 12.5. The summed E-state index contributed by atoms with van der Waals surface area (Å²) in [6.45, 7) is 1.19. The lowest BCUT2D eigenvalue weighted by atomic mass is 10.0. The molecule has 4 rings (SSSR count). The average Bonchev–Trinajstić information content (AvgIpc) is 2.92. The molecule has 2 aromatic carbocycles.